The number of quaternary nitrogens is 1. The molecular weight excluding hydrogens is 549 g/mol. The lowest BCUT2D eigenvalue weighted by Crippen LogP contribution is -2.37. The van der Waals surface area contributed by atoms with Crippen molar-refractivity contribution in [1.29, 1.82) is 0 Å². The fourth-order valence-corrected chi connectivity index (χ4v) is 4.84. The summed E-state index contributed by atoms with van der Waals surface area (Å²) < 4.78 is 38.4. The SMILES string of the molecule is CCCCCCCCCCCCCCCCCNC(=O)OC[C@@H](COP(=O)(O)OCC[N+](C)(C)C)Oc1ccon1. The maximum absolute atomic E-state index is 12.2. The fraction of sp³-hybridized carbons (Fsp3) is 0.862. The van der Waals surface area contributed by atoms with Gasteiger partial charge in [0.25, 0.3) is 5.88 Å². The maximum Gasteiger partial charge on any atom is 0.472 e. The highest BCUT2D eigenvalue weighted by Gasteiger charge is 2.26. The predicted molar refractivity (Wildman–Crippen MR) is 160 cm³/mol. The molecule has 0 aromatic carbocycles. The smallest absolute Gasteiger partial charge is 0.466 e. The summed E-state index contributed by atoms with van der Waals surface area (Å²) in [5, 5.41) is 6.39. The van der Waals surface area contributed by atoms with Crippen molar-refractivity contribution in [3.8, 4) is 5.88 Å². The molecule has 0 radical (unpaired) electrons. The zero-order chi connectivity index (χ0) is 30.2. The van der Waals surface area contributed by atoms with E-state index in [1.54, 1.807) is 0 Å². The number of carbonyl (C=O) groups excluding carboxylic acids is 1. The quantitative estimate of drug-likeness (QED) is 0.0627. The predicted octanol–water partition coefficient (Wildman–Crippen LogP) is 6.86. The van der Waals surface area contributed by atoms with E-state index in [0.717, 1.165) is 19.3 Å². The van der Waals surface area contributed by atoms with Gasteiger partial charge in [-0.25, -0.2) is 9.36 Å². The van der Waals surface area contributed by atoms with Gasteiger partial charge in [-0.3, -0.25) is 9.05 Å². The van der Waals surface area contributed by atoms with Crippen molar-refractivity contribution in [3.63, 3.8) is 0 Å². The topological polar surface area (TPSA) is 129 Å². The van der Waals surface area contributed by atoms with Crippen LogP contribution in [0.4, 0.5) is 4.79 Å². The van der Waals surface area contributed by atoms with Gasteiger partial charge >= 0.3 is 13.9 Å². The third-order valence-corrected chi connectivity index (χ3v) is 7.58. The van der Waals surface area contributed by atoms with Crippen LogP contribution in [0.5, 0.6) is 5.88 Å². The summed E-state index contributed by atoms with van der Waals surface area (Å²) in [6, 6.07) is 1.47. The van der Waals surface area contributed by atoms with Crippen molar-refractivity contribution >= 4 is 13.9 Å². The molecule has 0 aliphatic rings. The van der Waals surface area contributed by atoms with Gasteiger partial charge in [-0.2, -0.15) is 0 Å². The summed E-state index contributed by atoms with van der Waals surface area (Å²) in [7, 11) is 1.52. The summed E-state index contributed by atoms with van der Waals surface area (Å²) in [6.45, 7) is 2.79. The third kappa shape index (κ3) is 23.6. The zero-order valence-electron chi connectivity index (χ0n) is 26.0. The first-order valence-corrected chi connectivity index (χ1v) is 17.0. The fourth-order valence-electron chi connectivity index (χ4n) is 4.10. The van der Waals surface area contributed by atoms with E-state index in [4.69, 9.17) is 23.0 Å². The van der Waals surface area contributed by atoms with Gasteiger partial charge in [0.1, 0.15) is 26.0 Å². The van der Waals surface area contributed by atoms with E-state index < -0.39 is 20.0 Å². The molecule has 0 aliphatic heterocycles. The summed E-state index contributed by atoms with van der Waals surface area (Å²) in [4.78, 5) is 22.1. The summed E-state index contributed by atoms with van der Waals surface area (Å²) in [5.74, 6) is 0.138. The number of hydrogen-bond donors (Lipinski definition) is 2. The van der Waals surface area contributed by atoms with Crippen LogP contribution in [0.2, 0.25) is 0 Å². The number of hydrogen-bond acceptors (Lipinski definition) is 8. The van der Waals surface area contributed by atoms with Crippen LogP contribution in [-0.4, -0.2) is 80.8 Å². The average molecular weight is 607 g/mol. The number of nitrogens with one attached hydrogen (secondary N) is 1. The zero-order valence-corrected chi connectivity index (χ0v) is 26.9. The van der Waals surface area contributed by atoms with Crippen LogP contribution in [0.1, 0.15) is 103 Å². The van der Waals surface area contributed by atoms with Gasteiger partial charge in [-0.05, 0) is 11.6 Å². The number of phosphoric acid groups is 1. The monoisotopic (exact) mass is 606 g/mol. The van der Waals surface area contributed by atoms with Crippen LogP contribution in [0, 0.1) is 0 Å². The standard InChI is InChI=1S/C29H56N3O8P/c1-5-6-7-8-9-10-11-12-13-14-15-16-17-18-19-21-30-29(33)36-25-27(40-28-20-23-37-31-28)26-39-41(34,35)38-24-22-32(2,3)4/h20,23,27H,5-19,21-22,24-26H2,1-4H3,(H-,30,33,34,35)/p+1/t27-/m0/s1. The molecule has 0 spiro atoms. The van der Waals surface area contributed by atoms with Crippen LogP contribution in [-0.2, 0) is 18.3 Å². The Bertz CT molecular complexity index is 804. The number of rotatable bonds is 27. The first-order valence-electron chi connectivity index (χ1n) is 15.5. The van der Waals surface area contributed by atoms with Gasteiger partial charge in [0, 0.05) is 12.6 Å². The second-order valence-electron chi connectivity index (χ2n) is 11.7. The Kier molecular flexibility index (Phi) is 20.9. The minimum absolute atomic E-state index is 0.0459. The maximum atomic E-state index is 12.2. The van der Waals surface area contributed by atoms with Gasteiger partial charge < -0.3 is 28.7 Å². The minimum atomic E-state index is -4.31. The molecule has 0 saturated carbocycles. The van der Waals surface area contributed by atoms with Crippen molar-refractivity contribution in [1.82, 2.24) is 10.5 Å². The molecule has 2 N–H and O–H groups in total. The molecule has 1 heterocycles. The number of nitrogens with zero attached hydrogens (tertiary/aromatic N) is 2. The van der Waals surface area contributed by atoms with E-state index in [1.807, 2.05) is 21.1 Å². The summed E-state index contributed by atoms with van der Waals surface area (Å²) in [5.41, 5.74) is 0. The van der Waals surface area contributed by atoms with E-state index in [1.165, 1.54) is 89.4 Å². The van der Waals surface area contributed by atoms with E-state index in [0.29, 0.717) is 17.6 Å². The molecule has 12 heteroatoms. The summed E-state index contributed by atoms with van der Waals surface area (Å²) in [6.07, 6.45) is 19.1. The molecule has 1 aromatic rings. The van der Waals surface area contributed by atoms with Crippen molar-refractivity contribution in [2.24, 2.45) is 0 Å². The van der Waals surface area contributed by atoms with Crippen molar-refractivity contribution in [2.75, 3.05) is 54.1 Å². The average Bonchev–Trinajstić information content (AvgIpc) is 3.42. The van der Waals surface area contributed by atoms with E-state index in [-0.39, 0.29) is 25.7 Å². The molecule has 1 unspecified atom stereocenters. The Hall–Kier alpha value is -1.65. The van der Waals surface area contributed by atoms with Crippen LogP contribution in [0.15, 0.2) is 16.9 Å². The normalized spacial score (nSPS) is 14.0. The van der Waals surface area contributed by atoms with Crippen LogP contribution >= 0.6 is 7.82 Å². The lowest BCUT2D eigenvalue weighted by molar-refractivity contribution is -0.870. The molecule has 2 atom stereocenters. The van der Waals surface area contributed by atoms with Crippen LogP contribution in [0.3, 0.4) is 0 Å². The number of aromatic nitrogens is 1. The lowest BCUT2D eigenvalue weighted by Gasteiger charge is -2.24. The number of phosphoric ester groups is 1. The first kappa shape index (κ1) is 37.4. The Labute approximate surface area is 247 Å². The van der Waals surface area contributed by atoms with Gasteiger partial charge in [0.2, 0.25) is 0 Å². The highest BCUT2D eigenvalue weighted by Crippen LogP contribution is 2.43. The molecule has 240 valence electrons. The summed E-state index contributed by atoms with van der Waals surface area (Å²) >= 11 is 0. The van der Waals surface area contributed by atoms with Crippen LogP contribution < -0.4 is 10.1 Å². The molecule has 0 aliphatic carbocycles. The molecule has 41 heavy (non-hydrogen) atoms. The van der Waals surface area contributed by atoms with Crippen molar-refractivity contribution in [3.05, 3.63) is 12.3 Å². The molecular formula is C29H57N3O8P+. The van der Waals surface area contributed by atoms with E-state index in [9.17, 15) is 14.3 Å². The molecule has 1 amide bonds. The minimum Gasteiger partial charge on any atom is -0.466 e. The molecule has 0 bridgehead atoms. The first-order chi connectivity index (χ1) is 19.6. The Morgan fingerprint density at radius 1 is 0.927 bits per heavy atom. The number of unbranched alkanes of at least 4 members (excludes halogenated alkanes) is 14. The second-order valence-corrected chi connectivity index (χ2v) is 13.1. The Balaban J connectivity index is 2.13. The highest BCUT2D eigenvalue weighted by atomic mass is 31.2. The number of likely N-dealkylation sites (N-methyl/N-ethyl adjacent to an activating group) is 1. The van der Waals surface area contributed by atoms with E-state index in [2.05, 4.69) is 17.4 Å². The number of carbonyl (C=O) groups is 1. The molecule has 0 fully saturated rings. The molecule has 1 rings (SSSR count). The van der Waals surface area contributed by atoms with E-state index >= 15 is 0 Å². The molecule has 0 saturated heterocycles. The molecule has 1 aromatic heterocycles. The third-order valence-electron chi connectivity index (χ3n) is 6.59. The number of ether oxygens (including phenoxy) is 2. The van der Waals surface area contributed by atoms with Crippen LogP contribution in [0.25, 0.3) is 0 Å². The van der Waals surface area contributed by atoms with Crippen molar-refractivity contribution < 1.29 is 41.8 Å². The van der Waals surface area contributed by atoms with Crippen molar-refractivity contribution in [2.45, 2.75) is 109 Å². The van der Waals surface area contributed by atoms with Gasteiger partial charge in [-0.1, -0.05) is 96.8 Å². The highest BCUT2D eigenvalue weighted by molar-refractivity contribution is 7.47. The van der Waals surface area contributed by atoms with Gasteiger partial charge in [0.05, 0.1) is 27.7 Å². The van der Waals surface area contributed by atoms with Gasteiger partial charge in [-0.15, -0.1) is 0 Å². The largest absolute Gasteiger partial charge is 0.472 e. The lowest BCUT2D eigenvalue weighted by atomic mass is 10.0. The second kappa shape index (κ2) is 22.9. The Morgan fingerprint density at radius 2 is 1.49 bits per heavy atom. The molecule has 11 nitrogen and oxygen atoms in total. The number of amides is 1. The number of alkyl carbamates (subject to hydrolysis) is 1. The Morgan fingerprint density at radius 3 is 2.00 bits per heavy atom. The van der Waals surface area contributed by atoms with Gasteiger partial charge in [0.15, 0.2) is 6.10 Å².